The lowest BCUT2D eigenvalue weighted by molar-refractivity contribution is 0.412. The van der Waals surface area contributed by atoms with Gasteiger partial charge in [0.2, 0.25) is 0 Å². The van der Waals surface area contributed by atoms with Crippen molar-refractivity contribution < 1.29 is 4.74 Å². The molecule has 0 atom stereocenters. The zero-order valence-electron chi connectivity index (χ0n) is 9.48. The molecular weight excluding hydrogens is 280 g/mol. The summed E-state index contributed by atoms with van der Waals surface area (Å²) in [6, 6.07) is 11.8. The van der Waals surface area contributed by atoms with Gasteiger partial charge in [-0.15, -0.1) is 0 Å². The summed E-state index contributed by atoms with van der Waals surface area (Å²) in [4.78, 5) is 4.20. The van der Waals surface area contributed by atoms with Crippen molar-refractivity contribution >= 4 is 21.7 Å². The lowest BCUT2D eigenvalue weighted by Crippen LogP contribution is -2.01. The van der Waals surface area contributed by atoms with Gasteiger partial charge in [-0.05, 0) is 45.8 Å². The third kappa shape index (κ3) is 3.20. The van der Waals surface area contributed by atoms with Crippen LogP contribution in [-0.4, -0.2) is 12.1 Å². The van der Waals surface area contributed by atoms with Crippen LogP contribution in [0.1, 0.15) is 5.56 Å². The summed E-state index contributed by atoms with van der Waals surface area (Å²) in [5.41, 5.74) is 1.17. The summed E-state index contributed by atoms with van der Waals surface area (Å²) in [6.07, 6.45) is 1.77. The van der Waals surface area contributed by atoms with E-state index in [0.717, 1.165) is 22.6 Å². The molecule has 1 N–H and O–H groups in total. The van der Waals surface area contributed by atoms with Gasteiger partial charge in [-0.3, -0.25) is 0 Å². The fraction of sp³-hybridized carbons (Fsp3) is 0.154. The standard InChI is InChI=1S/C13H13BrN2O/c1-17-12-6-5-10(8-11(12)14)9-16-13-4-2-3-7-15-13/h2-8H,9H2,1H3,(H,15,16). The molecule has 1 heterocycles. The first-order chi connectivity index (χ1) is 8.29. The topological polar surface area (TPSA) is 34.1 Å². The van der Waals surface area contributed by atoms with Crippen molar-refractivity contribution in [2.75, 3.05) is 12.4 Å². The second-order valence-electron chi connectivity index (χ2n) is 3.54. The van der Waals surface area contributed by atoms with Crippen molar-refractivity contribution in [1.29, 1.82) is 0 Å². The Morgan fingerprint density at radius 1 is 1.29 bits per heavy atom. The molecule has 0 bridgehead atoms. The normalized spacial score (nSPS) is 10.0. The Balaban J connectivity index is 2.02. The Morgan fingerprint density at radius 3 is 2.82 bits per heavy atom. The average molecular weight is 293 g/mol. The Hall–Kier alpha value is -1.55. The SMILES string of the molecule is COc1ccc(CNc2ccccn2)cc1Br. The number of benzene rings is 1. The number of pyridine rings is 1. The molecule has 0 saturated carbocycles. The van der Waals surface area contributed by atoms with Crippen molar-refractivity contribution in [2.45, 2.75) is 6.54 Å². The van der Waals surface area contributed by atoms with E-state index in [1.165, 1.54) is 5.56 Å². The van der Waals surface area contributed by atoms with E-state index in [1.807, 2.05) is 36.4 Å². The monoisotopic (exact) mass is 292 g/mol. The molecule has 0 aliphatic carbocycles. The second-order valence-corrected chi connectivity index (χ2v) is 4.39. The molecule has 0 unspecified atom stereocenters. The molecule has 0 aliphatic heterocycles. The molecule has 0 spiro atoms. The van der Waals surface area contributed by atoms with E-state index in [0.29, 0.717) is 0 Å². The number of hydrogen-bond donors (Lipinski definition) is 1. The summed E-state index contributed by atoms with van der Waals surface area (Å²) in [5, 5.41) is 3.25. The number of halogens is 1. The largest absolute Gasteiger partial charge is 0.496 e. The fourth-order valence-electron chi connectivity index (χ4n) is 1.48. The van der Waals surface area contributed by atoms with Gasteiger partial charge in [-0.1, -0.05) is 12.1 Å². The lowest BCUT2D eigenvalue weighted by atomic mass is 10.2. The minimum Gasteiger partial charge on any atom is -0.496 e. The van der Waals surface area contributed by atoms with Gasteiger partial charge < -0.3 is 10.1 Å². The second kappa shape index (κ2) is 5.68. The van der Waals surface area contributed by atoms with Gasteiger partial charge in [0.15, 0.2) is 0 Å². The maximum Gasteiger partial charge on any atom is 0.133 e. The predicted octanol–water partition coefficient (Wildman–Crippen LogP) is 3.46. The molecule has 0 saturated heterocycles. The number of hydrogen-bond acceptors (Lipinski definition) is 3. The minimum absolute atomic E-state index is 0.736. The zero-order valence-corrected chi connectivity index (χ0v) is 11.1. The summed E-state index contributed by atoms with van der Waals surface area (Å²) in [6.45, 7) is 0.736. The summed E-state index contributed by atoms with van der Waals surface area (Å²) in [7, 11) is 1.66. The zero-order chi connectivity index (χ0) is 12.1. The van der Waals surface area contributed by atoms with E-state index in [-0.39, 0.29) is 0 Å². The van der Waals surface area contributed by atoms with E-state index in [9.17, 15) is 0 Å². The van der Waals surface area contributed by atoms with Gasteiger partial charge in [0.05, 0.1) is 11.6 Å². The maximum atomic E-state index is 5.18. The number of ether oxygens (including phenoxy) is 1. The van der Waals surface area contributed by atoms with Crippen molar-refractivity contribution in [3.63, 3.8) is 0 Å². The molecule has 0 fully saturated rings. The molecule has 3 nitrogen and oxygen atoms in total. The third-order valence-corrected chi connectivity index (χ3v) is 2.97. The Morgan fingerprint density at radius 2 is 2.18 bits per heavy atom. The van der Waals surface area contributed by atoms with Gasteiger partial charge in [-0.25, -0.2) is 4.98 Å². The predicted molar refractivity (Wildman–Crippen MR) is 72.3 cm³/mol. The highest BCUT2D eigenvalue weighted by atomic mass is 79.9. The van der Waals surface area contributed by atoms with E-state index in [2.05, 4.69) is 26.2 Å². The quantitative estimate of drug-likeness (QED) is 0.937. The molecular formula is C13H13BrN2O. The number of nitrogens with one attached hydrogen (secondary N) is 1. The Labute approximate surface area is 109 Å². The molecule has 2 rings (SSSR count). The summed E-state index contributed by atoms with van der Waals surface area (Å²) < 4.78 is 6.14. The van der Waals surface area contributed by atoms with Crippen LogP contribution in [0, 0.1) is 0 Å². The average Bonchev–Trinajstić information content (AvgIpc) is 2.38. The molecule has 88 valence electrons. The van der Waals surface area contributed by atoms with Gasteiger partial charge in [-0.2, -0.15) is 0 Å². The highest BCUT2D eigenvalue weighted by Crippen LogP contribution is 2.25. The summed E-state index contributed by atoms with van der Waals surface area (Å²) >= 11 is 3.47. The van der Waals surface area contributed by atoms with Crippen LogP contribution in [0.4, 0.5) is 5.82 Å². The lowest BCUT2D eigenvalue weighted by Gasteiger charge is -2.08. The molecule has 1 aromatic carbocycles. The van der Waals surface area contributed by atoms with Crippen LogP contribution in [0.2, 0.25) is 0 Å². The summed E-state index contributed by atoms with van der Waals surface area (Å²) in [5.74, 6) is 1.71. The molecule has 4 heteroatoms. The van der Waals surface area contributed by atoms with Gasteiger partial charge in [0.25, 0.3) is 0 Å². The number of methoxy groups -OCH3 is 1. The van der Waals surface area contributed by atoms with E-state index in [4.69, 9.17) is 4.74 Å². The highest BCUT2D eigenvalue weighted by Gasteiger charge is 2.01. The van der Waals surface area contributed by atoms with Gasteiger partial charge >= 0.3 is 0 Å². The van der Waals surface area contributed by atoms with Crippen LogP contribution in [0.15, 0.2) is 47.1 Å². The number of anilines is 1. The van der Waals surface area contributed by atoms with Crippen LogP contribution in [0.25, 0.3) is 0 Å². The highest BCUT2D eigenvalue weighted by molar-refractivity contribution is 9.10. The molecule has 0 radical (unpaired) electrons. The first-order valence-corrected chi connectivity index (χ1v) is 6.06. The van der Waals surface area contributed by atoms with Crippen LogP contribution >= 0.6 is 15.9 Å². The molecule has 17 heavy (non-hydrogen) atoms. The Kier molecular flexibility index (Phi) is 3.98. The van der Waals surface area contributed by atoms with E-state index >= 15 is 0 Å². The fourth-order valence-corrected chi connectivity index (χ4v) is 2.07. The first kappa shape index (κ1) is 11.9. The Bertz CT molecular complexity index is 488. The van der Waals surface area contributed by atoms with E-state index < -0.39 is 0 Å². The molecule has 0 amide bonds. The molecule has 1 aromatic heterocycles. The van der Waals surface area contributed by atoms with Gasteiger partial charge in [0, 0.05) is 12.7 Å². The molecule has 2 aromatic rings. The van der Waals surface area contributed by atoms with Crippen LogP contribution in [0.5, 0.6) is 5.75 Å². The van der Waals surface area contributed by atoms with Crippen LogP contribution < -0.4 is 10.1 Å². The first-order valence-electron chi connectivity index (χ1n) is 5.27. The maximum absolute atomic E-state index is 5.18. The van der Waals surface area contributed by atoms with E-state index in [1.54, 1.807) is 13.3 Å². The number of aromatic nitrogens is 1. The van der Waals surface area contributed by atoms with Crippen molar-refractivity contribution in [3.8, 4) is 5.75 Å². The van der Waals surface area contributed by atoms with Crippen molar-refractivity contribution in [2.24, 2.45) is 0 Å². The third-order valence-electron chi connectivity index (χ3n) is 2.35. The minimum atomic E-state index is 0.736. The number of nitrogens with zero attached hydrogens (tertiary/aromatic N) is 1. The number of rotatable bonds is 4. The molecule has 0 aliphatic rings. The van der Waals surface area contributed by atoms with Crippen molar-refractivity contribution in [3.05, 3.63) is 52.6 Å². The van der Waals surface area contributed by atoms with Crippen LogP contribution in [0.3, 0.4) is 0 Å². The smallest absolute Gasteiger partial charge is 0.133 e. The van der Waals surface area contributed by atoms with Crippen LogP contribution in [-0.2, 0) is 6.54 Å². The van der Waals surface area contributed by atoms with Crippen molar-refractivity contribution in [1.82, 2.24) is 4.98 Å². The van der Waals surface area contributed by atoms with Gasteiger partial charge in [0.1, 0.15) is 11.6 Å².